The van der Waals surface area contributed by atoms with E-state index in [1.807, 2.05) is 11.3 Å². The molecule has 0 atom stereocenters. The van der Waals surface area contributed by atoms with Crippen LogP contribution in [0.1, 0.15) is 0 Å². The first-order chi connectivity index (χ1) is 4.36. The third-order valence-corrected chi connectivity index (χ3v) is 3.90. The fourth-order valence-corrected chi connectivity index (χ4v) is 3.52. The SMILES string of the molecule is Ic1cc2cscc2s1. The van der Waals surface area contributed by atoms with Crippen molar-refractivity contribution < 1.29 is 0 Å². The van der Waals surface area contributed by atoms with E-state index in [1.165, 1.54) is 13.0 Å². The van der Waals surface area contributed by atoms with E-state index >= 15 is 0 Å². The lowest BCUT2D eigenvalue weighted by Gasteiger charge is -1.67. The van der Waals surface area contributed by atoms with Gasteiger partial charge in [-0.15, -0.1) is 11.3 Å². The first-order valence-corrected chi connectivity index (χ1v) is 5.31. The summed E-state index contributed by atoms with van der Waals surface area (Å²) in [6, 6.07) is 2.22. The zero-order chi connectivity index (χ0) is 6.27. The van der Waals surface area contributed by atoms with E-state index in [4.69, 9.17) is 0 Å². The number of fused-ring (bicyclic) bond motifs is 1. The average molecular weight is 266 g/mol. The molecule has 0 aliphatic rings. The minimum atomic E-state index is 1.38. The molecule has 46 valence electrons. The van der Waals surface area contributed by atoms with Crippen LogP contribution in [0.25, 0.3) is 10.1 Å². The highest BCUT2D eigenvalue weighted by Crippen LogP contribution is 2.29. The Hall–Kier alpha value is 0.390. The molecule has 2 aromatic rings. The van der Waals surface area contributed by atoms with Gasteiger partial charge >= 0.3 is 0 Å². The van der Waals surface area contributed by atoms with Gasteiger partial charge in [0.1, 0.15) is 0 Å². The van der Waals surface area contributed by atoms with Gasteiger partial charge in [-0.05, 0) is 34.0 Å². The van der Waals surface area contributed by atoms with E-state index in [9.17, 15) is 0 Å². The van der Waals surface area contributed by atoms with Crippen molar-refractivity contribution in [1.29, 1.82) is 0 Å². The molecule has 0 amide bonds. The zero-order valence-corrected chi connectivity index (χ0v) is 8.22. The largest absolute Gasteiger partial charge is 0.150 e. The van der Waals surface area contributed by atoms with Crippen LogP contribution in [0.3, 0.4) is 0 Å². The predicted molar refractivity (Wildman–Crippen MR) is 52.4 cm³/mol. The Morgan fingerprint density at radius 3 is 3.00 bits per heavy atom. The summed E-state index contributed by atoms with van der Waals surface area (Å²) in [6.45, 7) is 0. The summed E-state index contributed by atoms with van der Waals surface area (Å²) in [7, 11) is 0. The maximum atomic E-state index is 2.35. The van der Waals surface area contributed by atoms with Crippen molar-refractivity contribution in [1.82, 2.24) is 0 Å². The third kappa shape index (κ3) is 1.01. The fraction of sp³-hybridized carbons (Fsp3) is 0. The van der Waals surface area contributed by atoms with Crippen LogP contribution in [0.4, 0.5) is 0 Å². The third-order valence-electron chi connectivity index (χ3n) is 1.13. The molecule has 0 saturated carbocycles. The molecule has 0 aromatic carbocycles. The van der Waals surface area contributed by atoms with Crippen LogP contribution < -0.4 is 0 Å². The molecule has 0 aliphatic heterocycles. The molecular weight excluding hydrogens is 263 g/mol. The highest BCUT2D eigenvalue weighted by atomic mass is 127. The van der Waals surface area contributed by atoms with Gasteiger partial charge in [-0.3, -0.25) is 0 Å². The first-order valence-electron chi connectivity index (χ1n) is 2.47. The lowest BCUT2D eigenvalue weighted by Crippen LogP contribution is -1.43. The summed E-state index contributed by atoms with van der Waals surface area (Å²) in [5.74, 6) is 0. The molecular formula is C6H3IS2. The van der Waals surface area contributed by atoms with Gasteiger partial charge in [0, 0.05) is 15.5 Å². The van der Waals surface area contributed by atoms with Crippen molar-refractivity contribution in [2.24, 2.45) is 0 Å². The minimum Gasteiger partial charge on any atom is -0.150 e. The highest BCUT2D eigenvalue weighted by molar-refractivity contribution is 14.1. The summed E-state index contributed by atoms with van der Waals surface area (Å²) in [5, 5.41) is 5.78. The van der Waals surface area contributed by atoms with E-state index in [-0.39, 0.29) is 0 Å². The molecule has 0 fully saturated rings. The monoisotopic (exact) mass is 266 g/mol. The standard InChI is InChI=1S/C6H3IS2/c7-6-1-4-2-8-3-5(4)9-6/h1-3H. The maximum absolute atomic E-state index is 2.35. The number of halogens is 1. The van der Waals surface area contributed by atoms with Crippen LogP contribution in [0.15, 0.2) is 16.8 Å². The van der Waals surface area contributed by atoms with Crippen molar-refractivity contribution >= 4 is 55.4 Å². The summed E-state index contributed by atoms with van der Waals surface area (Å²) in [5.41, 5.74) is 0. The van der Waals surface area contributed by atoms with Crippen molar-refractivity contribution in [3.05, 3.63) is 19.7 Å². The van der Waals surface area contributed by atoms with E-state index in [1.54, 1.807) is 11.3 Å². The van der Waals surface area contributed by atoms with Crippen LogP contribution in [-0.2, 0) is 0 Å². The smallest absolute Gasteiger partial charge is 0.0666 e. The maximum Gasteiger partial charge on any atom is 0.0666 e. The molecule has 0 spiro atoms. The Bertz CT molecular complexity index is 292. The van der Waals surface area contributed by atoms with E-state index < -0.39 is 0 Å². The van der Waals surface area contributed by atoms with E-state index in [0.29, 0.717) is 0 Å². The molecule has 2 rings (SSSR count). The number of hydrogen-bond acceptors (Lipinski definition) is 2. The molecule has 0 saturated heterocycles. The second-order valence-electron chi connectivity index (χ2n) is 1.74. The van der Waals surface area contributed by atoms with Gasteiger partial charge in [0.2, 0.25) is 0 Å². The van der Waals surface area contributed by atoms with Crippen LogP contribution in [0.2, 0.25) is 0 Å². The zero-order valence-electron chi connectivity index (χ0n) is 4.43. The summed E-state index contributed by atoms with van der Waals surface area (Å²) >= 11 is 5.98. The second-order valence-corrected chi connectivity index (χ2v) is 5.46. The quantitative estimate of drug-likeness (QED) is 0.639. The van der Waals surface area contributed by atoms with Gasteiger partial charge in [-0.2, -0.15) is 11.3 Å². The van der Waals surface area contributed by atoms with Gasteiger partial charge in [-0.25, -0.2) is 0 Å². The fourth-order valence-electron chi connectivity index (χ4n) is 0.740. The molecule has 0 nitrogen and oxygen atoms in total. The van der Waals surface area contributed by atoms with E-state index in [2.05, 4.69) is 39.4 Å². The van der Waals surface area contributed by atoms with Gasteiger partial charge < -0.3 is 0 Å². The van der Waals surface area contributed by atoms with Crippen LogP contribution in [0, 0.1) is 2.88 Å². The predicted octanol–water partition coefficient (Wildman–Crippen LogP) is 3.57. The Balaban J connectivity index is 2.92. The molecule has 2 heterocycles. The Kier molecular flexibility index (Phi) is 1.51. The van der Waals surface area contributed by atoms with Crippen LogP contribution in [-0.4, -0.2) is 0 Å². The molecule has 9 heavy (non-hydrogen) atoms. The number of thiophene rings is 2. The Morgan fingerprint density at radius 2 is 2.22 bits per heavy atom. The molecule has 0 aliphatic carbocycles. The average Bonchev–Trinajstić information content (AvgIpc) is 2.22. The highest BCUT2D eigenvalue weighted by Gasteiger charge is 1.97. The van der Waals surface area contributed by atoms with Gasteiger partial charge in [0.05, 0.1) is 2.88 Å². The van der Waals surface area contributed by atoms with Crippen molar-refractivity contribution in [3.8, 4) is 0 Å². The van der Waals surface area contributed by atoms with E-state index in [0.717, 1.165) is 0 Å². The first kappa shape index (κ1) is 6.12. The number of hydrogen-bond donors (Lipinski definition) is 0. The van der Waals surface area contributed by atoms with Gasteiger partial charge in [0.15, 0.2) is 0 Å². The normalized spacial score (nSPS) is 10.8. The molecule has 0 N–H and O–H groups in total. The Labute approximate surface area is 74.7 Å². The number of rotatable bonds is 0. The summed E-state index contributed by atoms with van der Waals surface area (Å²) in [6.07, 6.45) is 0. The lowest BCUT2D eigenvalue weighted by atomic mass is 10.4. The molecule has 3 heteroatoms. The van der Waals surface area contributed by atoms with Gasteiger partial charge in [-0.1, -0.05) is 0 Å². The van der Waals surface area contributed by atoms with Crippen molar-refractivity contribution in [2.75, 3.05) is 0 Å². The lowest BCUT2D eigenvalue weighted by molar-refractivity contribution is 2.08. The second kappa shape index (κ2) is 2.21. The Morgan fingerprint density at radius 1 is 1.33 bits per heavy atom. The molecule has 0 radical (unpaired) electrons. The van der Waals surface area contributed by atoms with Crippen molar-refractivity contribution in [3.63, 3.8) is 0 Å². The summed E-state index contributed by atoms with van der Waals surface area (Å²) in [4.78, 5) is 0. The van der Waals surface area contributed by atoms with Crippen LogP contribution in [0.5, 0.6) is 0 Å². The van der Waals surface area contributed by atoms with Crippen molar-refractivity contribution in [2.45, 2.75) is 0 Å². The topological polar surface area (TPSA) is 0 Å². The minimum absolute atomic E-state index is 1.38. The summed E-state index contributed by atoms with van der Waals surface area (Å²) < 4.78 is 2.80. The molecule has 0 bridgehead atoms. The molecule has 2 aromatic heterocycles. The molecule has 0 unspecified atom stereocenters. The van der Waals surface area contributed by atoms with Gasteiger partial charge in [0.25, 0.3) is 0 Å². The van der Waals surface area contributed by atoms with Crippen LogP contribution >= 0.6 is 45.3 Å².